The van der Waals surface area contributed by atoms with Gasteiger partial charge >= 0.3 is 0 Å². The summed E-state index contributed by atoms with van der Waals surface area (Å²) in [7, 11) is 1.69. The summed E-state index contributed by atoms with van der Waals surface area (Å²) in [5.41, 5.74) is 8.19. The van der Waals surface area contributed by atoms with Crippen LogP contribution in [0.1, 0.15) is 25.8 Å². The predicted molar refractivity (Wildman–Crippen MR) is 73.7 cm³/mol. The Morgan fingerprint density at radius 2 is 2.06 bits per heavy atom. The van der Waals surface area contributed by atoms with Crippen LogP contribution in [0.25, 0.3) is 0 Å². The second kappa shape index (κ2) is 5.92. The van der Waals surface area contributed by atoms with Crippen LogP contribution in [0.4, 0.5) is 5.69 Å². The molecule has 0 saturated carbocycles. The van der Waals surface area contributed by atoms with E-state index in [9.17, 15) is 0 Å². The van der Waals surface area contributed by atoms with E-state index in [2.05, 4.69) is 25.2 Å². The summed E-state index contributed by atoms with van der Waals surface area (Å²) in [5, 5.41) is 3.42. The molecule has 17 heavy (non-hydrogen) atoms. The normalized spacial score (nSPS) is 11.4. The molecule has 0 aliphatic carbocycles. The van der Waals surface area contributed by atoms with Gasteiger partial charge in [-0.15, -0.1) is 0 Å². The van der Waals surface area contributed by atoms with E-state index >= 15 is 0 Å². The first-order valence-electron chi connectivity index (χ1n) is 6.07. The van der Waals surface area contributed by atoms with E-state index in [4.69, 9.17) is 10.5 Å². The Kier molecular flexibility index (Phi) is 4.82. The molecule has 0 aliphatic heterocycles. The Morgan fingerprint density at radius 1 is 1.35 bits per heavy atom. The average Bonchev–Trinajstić information content (AvgIpc) is 2.29. The lowest BCUT2D eigenvalue weighted by Crippen LogP contribution is -2.26. The van der Waals surface area contributed by atoms with Crippen molar-refractivity contribution in [3.05, 3.63) is 23.8 Å². The van der Waals surface area contributed by atoms with E-state index in [0.29, 0.717) is 0 Å². The maximum absolute atomic E-state index is 5.70. The third-order valence-corrected chi connectivity index (χ3v) is 3.08. The van der Waals surface area contributed by atoms with Gasteiger partial charge in [0.25, 0.3) is 0 Å². The highest BCUT2D eigenvalue weighted by molar-refractivity contribution is 5.50. The first-order valence-corrected chi connectivity index (χ1v) is 6.07. The number of anilines is 1. The van der Waals surface area contributed by atoms with Gasteiger partial charge in [-0.05, 0) is 49.1 Å². The molecule has 0 saturated heterocycles. The van der Waals surface area contributed by atoms with Crippen LogP contribution in [0.2, 0.25) is 0 Å². The van der Waals surface area contributed by atoms with Crippen molar-refractivity contribution in [2.45, 2.75) is 27.2 Å². The van der Waals surface area contributed by atoms with Crippen LogP contribution in [0, 0.1) is 12.3 Å². The lowest BCUT2D eigenvalue weighted by Gasteiger charge is -2.22. The zero-order chi connectivity index (χ0) is 12.9. The Bertz CT molecular complexity index is 361. The molecule has 3 N–H and O–H groups in total. The number of hydrogen-bond acceptors (Lipinski definition) is 3. The van der Waals surface area contributed by atoms with Crippen molar-refractivity contribution < 1.29 is 4.74 Å². The van der Waals surface area contributed by atoms with Crippen molar-refractivity contribution in [2.75, 3.05) is 25.5 Å². The third-order valence-electron chi connectivity index (χ3n) is 3.08. The van der Waals surface area contributed by atoms with Crippen molar-refractivity contribution in [1.82, 2.24) is 0 Å². The standard InChI is InChI=1S/C14H24N2O/c1-11-9-12(5-6-13(11)17-4)16-8-7-14(2,3)10-15/h5-6,9,16H,7-8,10,15H2,1-4H3. The van der Waals surface area contributed by atoms with Crippen molar-refractivity contribution in [3.63, 3.8) is 0 Å². The molecule has 0 aliphatic rings. The highest BCUT2D eigenvalue weighted by Crippen LogP contribution is 2.22. The number of nitrogens with one attached hydrogen (secondary N) is 1. The number of methoxy groups -OCH3 is 1. The van der Waals surface area contributed by atoms with Crippen molar-refractivity contribution in [2.24, 2.45) is 11.1 Å². The zero-order valence-corrected chi connectivity index (χ0v) is 11.3. The Morgan fingerprint density at radius 3 is 2.59 bits per heavy atom. The Labute approximate surface area is 104 Å². The zero-order valence-electron chi connectivity index (χ0n) is 11.3. The quantitative estimate of drug-likeness (QED) is 0.798. The second-order valence-corrected chi connectivity index (χ2v) is 5.23. The molecule has 0 spiro atoms. The number of nitrogens with two attached hydrogens (primary N) is 1. The smallest absolute Gasteiger partial charge is 0.121 e. The molecule has 0 heterocycles. The summed E-state index contributed by atoms with van der Waals surface area (Å²) in [4.78, 5) is 0. The molecule has 0 amide bonds. The molecule has 1 aromatic carbocycles. The van der Waals surface area contributed by atoms with Gasteiger partial charge in [0, 0.05) is 12.2 Å². The van der Waals surface area contributed by atoms with E-state index < -0.39 is 0 Å². The minimum Gasteiger partial charge on any atom is -0.496 e. The van der Waals surface area contributed by atoms with Crippen molar-refractivity contribution >= 4 is 5.69 Å². The maximum atomic E-state index is 5.70. The lowest BCUT2D eigenvalue weighted by atomic mass is 9.90. The van der Waals surface area contributed by atoms with Crippen LogP contribution >= 0.6 is 0 Å². The van der Waals surface area contributed by atoms with Crippen molar-refractivity contribution in [3.8, 4) is 5.75 Å². The summed E-state index contributed by atoms with van der Waals surface area (Å²) in [6.07, 6.45) is 1.06. The maximum Gasteiger partial charge on any atom is 0.121 e. The van der Waals surface area contributed by atoms with Gasteiger partial charge < -0.3 is 15.8 Å². The van der Waals surface area contributed by atoms with E-state index in [1.165, 1.54) is 0 Å². The van der Waals surface area contributed by atoms with Gasteiger partial charge in [0.1, 0.15) is 5.75 Å². The molecule has 96 valence electrons. The minimum absolute atomic E-state index is 0.203. The molecule has 0 atom stereocenters. The molecule has 1 aromatic rings. The van der Waals surface area contributed by atoms with Gasteiger partial charge in [-0.25, -0.2) is 0 Å². The summed E-state index contributed by atoms with van der Waals surface area (Å²) >= 11 is 0. The molecule has 3 nitrogen and oxygen atoms in total. The number of aryl methyl sites for hydroxylation is 1. The van der Waals surface area contributed by atoms with Gasteiger partial charge in [0.15, 0.2) is 0 Å². The van der Waals surface area contributed by atoms with E-state index in [0.717, 1.165) is 36.5 Å². The van der Waals surface area contributed by atoms with Crippen LogP contribution in [0.5, 0.6) is 5.75 Å². The number of ether oxygens (including phenoxy) is 1. The van der Waals surface area contributed by atoms with Gasteiger partial charge in [0.2, 0.25) is 0 Å². The summed E-state index contributed by atoms with van der Waals surface area (Å²) < 4.78 is 5.23. The molecule has 1 rings (SSSR count). The van der Waals surface area contributed by atoms with Gasteiger partial charge in [0.05, 0.1) is 7.11 Å². The van der Waals surface area contributed by atoms with Gasteiger partial charge in [-0.1, -0.05) is 13.8 Å². The summed E-state index contributed by atoms with van der Waals surface area (Å²) in [6.45, 7) is 8.09. The first-order chi connectivity index (χ1) is 7.98. The van der Waals surface area contributed by atoms with Crippen LogP contribution in [-0.2, 0) is 0 Å². The van der Waals surface area contributed by atoms with Crippen LogP contribution in [-0.4, -0.2) is 20.2 Å². The molecule has 0 unspecified atom stereocenters. The highest BCUT2D eigenvalue weighted by atomic mass is 16.5. The van der Waals surface area contributed by atoms with E-state index in [-0.39, 0.29) is 5.41 Å². The first kappa shape index (κ1) is 13.8. The molecule has 3 heteroatoms. The fraction of sp³-hybridized carbons (Fsp3) is 0.571. The lowest BCUT2D eigenvalue weighted by molar-refractivity contribution is 0.358. The highest BCUT2D eigenvalue weighted by Gasteiger charge is 2.14. The molecular formula is C14H24N2O. The number of benzene rings is 1. The third kappa shape index (κ3) is 4.27. The van der Waals surface area contributed by atoms with E-state index in [1.807, 2.05) is 19.1 Å². The topological polar surface area (TPSA) is 47.3 Å². The molecular weight excluding hydrogens is 212 g/mol. The SMILES string of the molecule is COc1ccc(NCCC(C)(C)CN)cc1C. The predicted octanol–water partition coefficient (Wildman–Crippen LogP) is 2.79. The minimum atomic E-state index is 0.203. The molecule has 0 bridgehead atoms. The summed E-state index contributed by atoms with van der Waals surface area (Å²) in [5.74, 6) is 0.929. The Hall–Kier alpha value is -1.22. The van der Waals surface area contributed by atoms with Crippen molar-refractivity contribution in [1.29, 1.82) is 0 Å². The second-order valence-electron chi connectivity index (χ2n) is 5.23. The van der Waals surface area contributed by atoms with Crippen LogP contribution < -0.4 is 15.8 Å². The molecule has 0 radical (unpaired) electrons. The summed E-state index contributed by atoms with van der Waals surface area (Å²) in [6, 6.07) is 6.14. The fourth-order valence-electron chi connectivity index (χ4n) is 1.64. The Balaban J connectivity index is 2.50. The molecule has 0 aromatic heterocycles. The monoisotopic (exact) mass is 236 g/mol. The van der Waals surface area contributed by atoms with E-state index in [1.54, 1.807) is 7.11 Å². The van der Waals surface area contributed by atoms with Gasteiger partial charge in [-0.3, -0.25) is 0 Å². The number of rotatable bonds is 6. The molecule has 0 fully saturated rings. The fourth-order valence-corrected chi connectivity index (χ4v) is 1.64. The number of hydrogen-bond donors (Lipinski definition) is 2. The van der Waals surface area contributed by atoms with Crippen LogP contribution in [0.15, 0.2) is 18.2 Å². The van der Waals surface area contributed by atoms with Gasteiger partial charge in [-0.2, -0.15) is 0 Å². The van der Waals surface area contributed by atoms with Crippen LogP contribution in [0.3, 0.4) is 0 Å². The average molecular weight is 236 g/mol. The largest absolute Gasteiger partial charge is 0.496 e.